The monoisotopic (exact) mass is 382 g/mol. The number of carbonyl (C=O) groups is 4. The molecule has 2 aliphatic heterocycles. The number of benzene rings is 1. The molecule has 2 fully saturated rings. The van der Waals surface area contributed by atoms with Gasteiger partial charge in [-0.1, -0.05) is 18.2 Å². The number of cyclic esters (lactones) is 4. The van der Waals surface area contributed by atoms with E-state index in [0.29, 0.717) is 5.56 Å². The molecule has 2 heterocycles. The number of alkyl halides is 3. The maximum Gasteiger partial charge on any atom is 0.393 e. The van der Waals surface area contributed by atoms with Crippen molar-refractivity contribution in [2.24, 2.45) is 11.8 Å². The lowest BCUT2D eigenvalue weighted by atomic mass is 9.66. The summed E-state index contributed by atoms with van der Waals surface area (Å²) < 4.78 is 47.5. The van der Waals surface area contributed by atoms with Gasteiger partial charge in [-0.15, -0.1) is 0 Å². The number of ether oxygens (including phenoxy) is 2. The molecule has 27 heavy (non-hydrogen) atoms. The van der Waals surface area contributed by atoms with E-state index in [1.165, 1.54) is 18.2 Å². The van der Waals surface area contributed by atoms with Crippen molar-refractivity contribution in [1.82, 2.24) is 0 Å². The minimum atomic E-state index is -4.44. The number of halogens is 3. The van der Waals surface area contributed by atoms with Crippen molar-refractivity contribution >= 4 is 23.9 Å². The zero-order chi connectivity index (χ0) is 19.5. The van der Waals surface area contributed by atoms with Crippen molar-refractivity contribution in [3.05, 3.63) is 34.9 Å². The zero-order valence-electron chi connectivity index (χ0n) is 13.7. The minimum Gasteiger partial charge on any atom is -0.393 e. The molecule has 9 heteroatoms. The van der Waals surface area contributed by atoms with Gasteiger partial charge in [-0.05, 0) is 29.0 Å². The van der Waals surface area contributed by atoms with Crippen LogP contribution in [0.3, 0.4) is 0 Å². The molecule has 6 nitrogen and oxygen atoms in total. The predicted molar refractivity (Wildman–Crippen MR) is 80.1 cm³/mol. The molecule has 0 saturated carbocycles. The summed E-state index contributed by atoms with van der Waals surface area (Å²) in [7, 11) is 0. The highest BCUT2D eigenvalue weighted by molar-refractivity contribution is 6.01. The lowest BCUT2D eigenvalue weighted by Gasteiger charge is -2.33. The third-order valence-corrected chi connectivity index (χ3v) is 5.35. The lowest BCUT2D eigenvalue weighted by Crippen LogP contribution is -2.31. The molecule has 4 atom stereocenters. The smallest absolute Gasteiger partial charge is 0.393 e. The van der Waals surface area contributed by atoms with Crippen LogP contribution in [0.15, 0.2) is 18.2 Å². The third-order valence-electron chi connectivity index (χ3n) is 5.35. The first-order chi connectivity index (χ1) is 12.6. The molecular formula is C18H13F3O6. The molecule has 0 radical (unpaired) electrons. The van der Waals surface area contributed by atoms with Gasteiger partial charge in [0.1, 0.15) is 0 Å². The number of hydrogen-bond acceptors (Lipinski definition) is 6. The second-order valence-electron chi connectivity index (χ2n) is 7.03. The predicted octanol–water partition coefficient (Wildman–Crippen LogP) is 2.15. The number of rotatable bonds is 2. The lowest BCUT2D eigenvalue weighted by molar-refractivity contribution is -0.155. The molecule has 0 aromatic heterocycles. The summed E-state index contributed by atoms with van der Waals surface area (Å²) in [4.78, 5) is 47.6. The normalized spacial score (nSPS) is 30.0. The minimum absolute atomic E-state index is 0.0575. The van der Waals surface area contributed by atoms with Gasteiger partial charge in [0.2, 0.25) is 0 Å². The molecule has 0 bridgehead atoms. The van der Waals surface area contributed by atoms with E-state index in [-0.39, 0.29) is 24.0 Å². The van der Waals surface area contributed by atoms with E-state index in [0.717, 1.165) is 0 Å². The Hall–Kier alpha value is -2.71. The maximum absolute atomic E-state index is 12.8. The molecule has 2 saturated heterocycles. The van der Waals surface area contributed by atoms with Crippen LogP contribution in [0.1, 0.15) is 41.4 Å². The van der Waals surface area contributed by atoms with Crippen molar-refractivity contribution in [2.75, 3.05) is 0 Å². The van der Waals surface area contributed by atoms with Crippen LogP contribution in [-0.4, -0.2) is 30.1 Å². The van der Waals surface area contributed by atoms with Crippen LogP contribution >= 0.6 is 0 Å². The summed E-state index contributed by atoms with van der Waals surface area (Å²) in [6, 6.07) is 3.96. The van der Waals surface area contributed by atoms with Crippen molar-refractivity contribution in [1.29, 1.82) is 0 Å². The summed E-state index contributed by atoms with van der Waals surface area (Å²) in [5, 5.41) is 0. The van der Waals surface area contributed by atoms with Crippen molar-refractivity contribution in [3.63, 3.8) is 0 Å². The van der Waals surface area contributed by atoms with Crippen molar-refractivity contribution in [2.45, 2.75) is 37.3 Å². The zero-order valence-corrected chi connectivity index (χ0v) is 13.7. The Bertz CT molecular complexity index is 874. The Morgan fingerprint density at radius 1 is 0.889 bits per heavy atom. The van der Waals surface area contributed by atoms with Gasteiger partial charge in [-0.25, -0.2) is 0 Å². The number of carbonyl (C=O) groups excluding carboxylic acids is 4. The molecule has 0 spiro atoms. The summed E-state index contributed by atoms with van der Waals surface area (Å²) in [5.41, 5.74) is 0.671. The quantitative estimate of drug-likeness (QED) is 0.576. The fourth-order valence-corrected chi connectivity index (χ4v) is 4.27. The second-order valence-corrected chi connectivity index (χ2v) is 7.03. The molecule has 1 aromatic carbocycles. The topological polar surface area (TPSA) is 86.7 Å². The van der Waals surface area contributed by atoms with Crippen LogP contribution in [0.25, 0.3) is 0 Å². The Kier molecular flexibility index (Phi) is 3.87. The third kappa shape index (κ3) is 3.00. The summed E-state index contributed by atoms with van der Waals surface area (Å²) >= 11 is 0. The van der Waals surface area contributed by atoms with Gasteiger partial charge >= 0.3 is 30.1 Å². The summed E-state index contributed by atoms with van der Waals surface area (Å²) in [6.07, 6.45) is -5.70. The first-order valence-electron chi connectivity index (χ1n) is 8.33. The van der Waals surface area contributed by atoms with Crippen LogP contribution in [-0.2, 0) is 35.1 Å². The Morgan fingerprint density at radius 3 is 2.22 bits per heavy atom. The van der Waals surface area contributed by atoms with Gasteiger partial charge in [-0.2, -0.15) is 13.2 Å². The molecule has 1 aliphatic carbocycles. The number of esters is 4. The molecule has 4 unspecified atom stereocenters. The average Bonchev–Trinajstić information content (AvgIpc) is 3.03. The SMILES string of the molecule is O=C1CC(C2CC3C(=O)OC(=O)C3c3cc(CC(F)(F)F)ccc32)C(=O)O1. The Balaban J connectivity index is 1.80. The van der Waals surface area contributed by atoms with Crippen LogP contribution < -0.4 is 0 Å². The van der Waals surface area contributed by atoms with E-state index in [9.17, 15) is 32.3 Å². The van der Waals surface area contributed by atoms with E-state index in [1.807, 2.05) is 0 Å². The fourth-order valence-electron chi connectivity index (χ4n) is 4.27. The fraction of sp³-hybridized carbons (Fsp3) is 0.444. The summed E-state index contributed by atoms with van der Waals surface area (Å²) in [5.74, 6) is -6.32. The highest BCUT2D eigenvalue weighted by Crippen LogP contribution is 2.51. The van der Waals surface area contributed by atoms with Gasteiger partial charge in [0.15, 0.2) is 0 Å². The average molecular weight is 382 g/mol. The van der Waals surface area contributed by atoms with Gasteiger partial charge in [0, 0.05) is 0 Å². The first kappa shape index (κ1) is 17.7. The standard InChI is InChI=1S/C18H13F3O6/c19-18(20,21)6-7-1-2-8-9(11-5-13(22)26-15(11)23)4-12-14(10(8)3-7)17(25)27-16(12)24/h1-3,9,11-12,14H,4-6H2. The van der Waals surface area contributed by atoms with Crippen molar-refractivity contribution in [3.8, 4) is 0 Å². The highest BCUT2D eigenvalue weighted by atomic mass is 19.4. The molecular weight excluding hydrogens is 369 g/mol. The second kappa shape index (κ2) is 5.90. The first-order valence-corrected chi connectivity index (χ1v) is 8.33. The Morgan fingerprint density at radius 2 is 1.59 bits per heavy atom. The highest BCUT2D eigenvalue weighted by Gasteiger charge is 2.53. The van der Waals surface area contributed by atoms with E-state index < -0.39 is 60.1 Å². The van der Waals surface area contributed by atoms with E-state index in [1.54, 1.807) is 0 Å². The summed E-state index contributed by atoms with van der Waals surface area (Å²) in [6.45, 7) is 0. The van der Waals surface area contributed by atoms with Crippen LogP contribution in [0.5, 0.6) is 0 Å². The van der Waals surface area contributed by atoms with Gasteiger partial charge < -0.3 is 9.47 Å². The number of fused-ring (bicyclic) bond motifs is 3. The van der Waals surface area contributed by atoms with Gasteiger partial charge in [-0.3, -0.25) is 19.2 Å². The molecule has 4 rings (SSSR count). The number of hydrogen-bond donors (Lipinski definition) is 0. The molecule has 1 aromatic rings. The molecule has 142 valence electrons. The van der Waals surface area contributed by atoms with Crippen LogP contribution in [0.2, 0.25) is 0 Å². The van der Waals surface area contributed by atoms with Crippen molar-refractivity contribution < 1.29 is 41.8 Å². The maximum atomic E-state index is 12.8. The Labute approximate surface area is 150 Å². The van der Waals surface area contributed by atoms with Crippen LogP contribution in [0, 0.1) is 11.8 Å². The largest absolute Gasteiger partial charge is 0.393 e. The van der Waals surface area contributed by atoms with E-state index >= 15 is 0 Å². The molecule has 0 amide bonds. The molecule has 3 aliphatic rings. The molecule has 0 N–H and O–H groups in total. The van der Waals surface area contributed by atoms with E-state index in [4.69, 9.17) is 0 Å². The van der Waals surface area contributed by atoms with Gasteiger partial charge in [0.05, 0.1) is 30.6 Å². The van der Waals surface area contributed by atoms with Crippen LogP contribution in [0.4, 0.5) is 13.2 Å². The van der Waals surface area contributed by atoms with Gasteiger partial charge in [0.25, 0.3) is 0 Å². The van der Waals surface area contributed by atoms with E-state index in [2.05, 4.69) is 9.47 Å².